The molecule has 2 amide bonds. The van der Waals surface area contributed by atoms with Gasteiger partial charge in [-0.15, -0.1) is 0 Å². The van der Waals surface area contributed by atoms with Crippen LogP contribution in [0.15, 0.2) is 60.7 Å². The molecule has 2 saturated carbocycles. The van der Waals surface area contributed by atoms with Gasteiger partial charge in [0.1, 0.15) is 18.1 Å². The summed E-state index contributed by atoms with van der Waals surface area (Å²) in [6.07, 6.45) is 10.5. The number of hydrogen-bond acceptors (Lipinski definition) is 7. The van der Waals surface area contributed by atoms with Crippen LogP contribution in [0.2, 0.25) is 0 Å². The Labute approximate surface area is 333 Å². The molecule has 0 radical (unpaired) electrons. The number of nitrogens with two attached hydrogens (primary N) is 2. The standard InChI is InChI=1S/2C19H27NO3.C6H14N2O2/c2*1-13(2)15-8-10-16(11-9-15)18(21)20-17(19(22)23)12-14-6-4-3-5-7-14;7-4-2-1-3-5(8)6(9)10/h2*3-7,13,15-17H,8-12H2,1-2H3,(H,20,21)(H,22,23);5H,1-4,7-8H2,(H,9,10)/t2*15?,16?,17-;/m11./s1. The van der Waals surface area contributed by atoms with E-state index >= 15 is 0 Å². The van der Waals surface area contributed by atoms with Gasteiger partial charge in [-0.05, 0) is 106 Å². The average Bonchev–Trinajstić information content (AvgIpc) is 3.18. The summed E-state index contributed by atoms with van der Waals surface area (Å²) < 4.78 is 0. The SMILES string of the molecule is CC(C)C1CCC(C(=O)N[C@H](Cc2ccccc2)C(=O)O)CC1.CC(C)C1CCC(C(=O)N[C@H](Cc2ccccc2)C(=O)O)CC1.NCCCCC(N)C(=O)O. The molecular formula is C44H68N4O8. The topological polar surface area (TPSA) is 222 Å². The summed E-state index contributed by atoms with van der Waals surface area (Å²) in [6.45, 7) is 9.51. The summed E-state index contributed by atoms with van der Waals surface area (Å²) in [5, 5.41) is 32.6. The third-order valence-corrected chi connectivity index (χ3v) is 11.3. The van der Waals surface area contributed by atoms with E-state index in [-0.39, 0.29) is 23.7 Å². The molecule has 0 aliphatic heterocycles. The fourth-order valence-electron chi connectivity index (χ4n) is 7.41. The van der Waals surface area contributed by atoms with Crippen LogP contribution in [0.4, 0.5) is 0 Å². The van der Waals surface area contributed by atoms with Crippen LogP contribution in [0.25, 0.3) is 0 Å². The number of carboxylic acids is 3. The van der Waals surface area contributed by atoms with Crippen LogP contribution in [-0.2, 0) is 36.8 Å². The molecule has 0 bridgehead atoms. The number of aliphatic carboxylic acids is 3. The maximum Gasteiger partial charge on any atom is 0.326 e. The highest BCUT2D eigenvalue weighted by atomic mass is 16.4. The Balaban J connectivity index is 0.000000314. The minimum atomic E-state index is -0.974. The van der Waals surface area contributed by atoms with Crippen molar-refractivity contribution in [2.45, 2.75) is 129 Å². The summed E-state index contributed by atoms with van der Waals surface area (Å²) in [6, 6.07) is 16.4. The van der Waals surface area contributed by atoms with Gasteiger partial charge in [-0.1, -0.05) is 94.8 Å². The lowest BCUT2D eigenvalue weighted by Gasteiger charge is -2.30. The Bertz CT molecular complexity index is 1360. The molecule has 56 heavy (non-hydrogen) atoms. The third kappa shape index (κ3) is 18.1. The van der Waals surface area contributed by atoms with E-state index < -0.39 is 36.0 Å². The first kappa shape index (κ1) is 47.9. The second kappa shape index (κ2) is 25.8. The molecule has 0 heterocycles. The van der Waals surface area contributed by atoms with Crippen molar-refractivity contribution in [2.75, 3.05) is 6.54 Å². The lowest BCUT2D eigenvalue weighted by atomic mass is 9.76. The summed E-state index contributed by atoms with van der Waals surface area (Å²) in [5.41, 5.74) is 12.3. The van der Waals surface area contributed by atoms with Gasteiger partial charge in [0.05, 0.1) is 0 Å². The number of carbonyl (C=O) groups excluding carboxylic acids is 2. The normalized spacial score (nSPS) is 20.9. The van der Waals surface area contributed by atoms with Crippen LogP contribution < -0.4 is 22.1 Å². The molecule has 0 aromatic heterocycles. The molecule has 9 N–H and O–H groups in total. The second-order valence-electron chi connectivity index (χ2n) is 16.1. The summed E-state index contributed by atoms with van der Waals surface area (Å²) >= 11 is 0. The first-order valence-electron chi connectivity index (χ1n) is 20.4. The minimum Gasteiger partial charge on any atom is -0.480 e. The highest BCUT2D eigenvalue weighted by Crippen LogP contribution is 2.34. The number of nitrogens with one attached hydrogen (secondary N) is 2. The molecule has 1 unspecified atom stereocenters. The first-order chi connectivity index (χ1) is 26.6. The number of hydrogen-bond donors (Lipinski definition) is 7. The monoisotopic (exact) mass is 781 g/mol. The van der Waals surface area contributed by atoms with E-state index in [1.807, 2.05) is 60.7 Å². The maximum absolute atomic E-state index is 12.4. The van der Waals surface area contributed by atoms with Crippen LogP contribution in [0, 0.1) is 35.5 Å². The first-order valence-corrected chi connectivity index (χ1v) is 20.4. The van der Waals surface area contributed by atoms with Crippen molar-refractivity contribution in [3.8, 4) is 0 Å². The minimum absolute atomic E-state index is 0.0392. The predicted molar refractivity (Wildman–Crippen MR) is 219 cm³/mol. The Kier molecular flexibility index (Phi) is 22.0. The van der Waals surface area contributed by atoms with E-state index in [1.165, 1.54) is 0 Å². The van der Waals surface area contributed by atoms with Crippen molar-refractivity contribution < 1.29 is 39.3 Å². The van der Waals surface area contributed by atoms with Crippen LogP contribution in [0.3, 0.4) is 0 Å². The number of unbranched alkanes of at least 4 members (excludes halogenated alkanes) is 1. The molecular weight excluding hydrogens is 713 g/mol. The zero-order chi connectivity index (χ0) is 41.6. The van der Waals surface area contributed by atoms with Crippen LogP contribution in [0.5, 0.6) is 0 Å². The number of amides is 2. The van der Waals surface area contributed by atoms with Crippen LogP contribution >= 0.6 is 0 Å². The van der Waals surface area contributed by atoms with Crippen molar-refractivity contribution >= 4 is 29.7 Å². The van der Waals surface area contributed by atoms with E-state index in [0.717, 1.165) is 75.3 Å². The number of carboxylic acid groups (broad SMARTS) is 3. The van der Waals surface area contributed by atoms with Crippen molar-refractivity contribution in [2.24, 2.45) is 47.0 Å². The van der Waals surface area contributed by atoms with Gasteiger partial charge in [-0.25, -0.2) is 9.59 Å². The van der Waals surface area contributed by atoms with Gasteiger partial charge < -0.3 is 37.4 Å². The molecule has 12 heteroatoms. The highest BCUT2D eigenvalue weighted by molar-refractivity contribution is 5.86. The van der Waals surface area contributed by atoms with Crippen molar-refractivity contribution in [3.63, 3.8) is 0 Å². The van der Waals surface area contributed by atoms with Gasteiger partial charge >= 0.3 is 17.9 Å². The van der Waals surface area contributed by atoms with E-state index in [9.17, 15) is 34.2 Å². The number of rotatable bonds is 17. The molecule has 3 atom stereocenters. The largest absolute Gasteiger partial charge is 0.480 e. The lowest BCUT2D eigenvalue weighted by Crippen LogP contribution is -2.45. The average molecular weight is 781 g/mol. The zero-order valence-corrected chi connectivity index (χ0v) is 33.9. The molecule has 312 valence electrons. The van der Waals surface area contributed by atoms with Crippen molar-refractivity contribution in [3.05, 3.63) is 71.8 Å². The highest BCUT2D eigenvalue weighted by Gasteiger charge is 2.31. The fourth-order valence-corrected chi connectivity index (χ4v) is 7.41. The quantitative estimate of drug-likeness (QED) is 0.0921. The number of benzene rings is 2. The molecule has 12 nitrogen and oxygen atoms in total. The lowest BCUT2D eigenvalue weighted by molar-refractivity contribution is -0.143. The number of carbonyl (C=O) groups is 5. The summed E-state index contributed by atoms with van der Waals surface area (Å²) in [4.78, 5) is 57.8. The zero-order valence-electron chi connectivity index (χ0n) is 33.9. The van der Waals surface area contributed by atoms with Gasteiger partial charge in [-0.3, -0.25) is 14.4 Å². The van der Waals surface area contributed by atoms with E-state index in [1.54, 1.807) is 0 Å². The predicted octanol–water partition coefficient (Wildman–Crippen LogP) is 6.05. The molecule has 2 aliphatic rings. The molecule has 0 saturated heterocycles. The van der Waals surface area contributed by atoms with Gasteiger partial charge in [0.15, 0.2) is 0 Å². The Hall–Kier alpha value is -4.29. The van der Waals surface area contributed by atoms with E-state index in [4.69, 9.17) is 16.6 Å². The van der Waals surface area contributed by atoms with Crippen molar-refractivity contribution in [1.82, 2.24) is 10.6 Å². The fraction of sp³-hybridized carbons (Fsp3) is 0.614. The smallest absolute Gasteiger partial charge is 0.326 e. The van der Waals surface area contributed by atoms with Gasteiger partial charge in [0.2, 0.25) is 11.8 Å². The maximum atomic E-state index is 12.4. The molecule has 2 fully saturated rings. The molecule has 4 rings (SSSR count). The summed E-state index contributed by atoms with van der Waals surface area (Å²) in [5.74, 6) is -0.463. The Morgan fingerprint density at radius 2 is 0.946 bits per heavy atom. The van der Waals surface area contributed by atoms with Crippen LogP contribution in [-0.4, -0.2) is 69.7 Å². The Morgan fingerprint density at radius 1 is 0.589 bits per heavy atom. The molecule has 0 spiro atoms. The van der Waals surface area contributed by atoms with E-state index in [0.29, 0.717) is 49.5 Å². The molecule has 2 aromatic rings. The molecule has 2 aliphatic carbocycles. The summed E-state index contributed by atoms with van der Waals surface area (Å²) in [7, 11) is 0. The Morgan fingerprint density at radius 3 is 1.23 bits per heavy atom. The van der Waals surface area contributed by atoms with Gasteiger partial charge in [0, 0.05) is 24.7 Å². The second-order valence-corrected chi connectivity index (χ2v) is 16.1. The van der Waals surface area contributed by atoms with E-state index in [2.05, 4.69) is 38.3 Å². The third-order valence-electron chi connectivity index (χ3n) is 11.3. The van der Waals surface area contributed by atoms with Crippen molar-refractivity contribution in [1.29, 1.82) is 0 Å². The molecule has 2 aromatic carbocycles. The van der Waals surface area contributed by atoms with Gasteiger partial charge in [0.25, 0.3) is 0 Å². The van der Waals surface area contributed by atoms with Crippen LogP contribution in [0.1, 0.15) is 109 Å². The van der Waals surface area contributed by atoms with Gasteiger partial charge in [-0.2, -0.15) is 0 Å².